The molecule has 3 aromatic carbocycles. The van der Waals surface area contributed by atoms with Crippen molar-refractivity contribution in [3.63, 3.8) is 0 Å². The number of sulfonamides is 1. The SMILES string of the molecule is COc1cccc(CN(C(=O)CN(c2cc(C(F)(F)F)ccc2Cl)S(=O)(=O)c2ccccc2)C(C)C(=O)NC2CCCCC2)c1. The number of halogens is 4. The summed E-state index contributed by atoms with van der Waals surface area (Å²) in [7, 11) is -3.13. The Morgan fingerprint density at radius 2 is 1.69 bits per heavy atom. The quantitative estimate of drug-likeness (QED) is 0.255. The highest BCUT2D eigenvalue weighted by molar-refractivity contribution is 7.92. The van der Waals surface area contributed by atoms with Gasteiger partial charge in [-0.05, 0) is 67.8 Å². The fourth-order valence-corrected chi connectivity index (χ4v) is 6.95. The summed E-state index contributed by atoms with van der Waals surface area (Å²) < 4.78 is 74.9. The Hall–Kier alpha value is -3.77. The lowest BCUT2D eigenvalue weighted by Gasteiger charge is -2.33. The summed E-state index contributed by atoms with van der Waals surface area (Å²) in [4.78, 5) is 28.5. The molecule has 1 aliphatic rings. The van der Waals surface area contributed by atoms with Crippen LogP contribution in [0.25, 0.3) is 0 Å². The van der Waals surface area contributed by atoms with E-state index in [4.69, 9.17) is 16.3 Å². The van der Waals surface area contributed by atoms with Crippen molar-refractivity contribution in [3.8, 4) is 5.75 Å². The van der Waals surface area contributed by atoms with Gasteiger partial charge in [-0.25, -0.2) is 8.42 Å². The number of nitrogens with one attached hydrogen (secondary N) is 1. The summed E-state index contributed by atoms with van der Waals surface area (Å²) in [5, 5.41) is 2.69. The van der Waals surface area contributed by atoms with Gasteiger partial charge in [0, 0.05) is 12.6 Å². The van der Waals surface area contributed by atoms with Crippen LogP contribution in [0, 0.1) is 0 Å². The zero-order chi connectivity index (χ0) is 32.8. The second-order valence-corrected chi connectivity index (χ2v) is 13.2. The molecule has 0 spiro atoms. The van der Waals surface area contributed by atoms with Crippen molar-refractivity contribution in [2.24, 2.45) is 0 Å². The van der Waals surface area contributed by atoms with Crippen LogP contribution in [-0.2, 0) is 32.3 Å². The summed E-state index contributed by atoms with van der Waals surface area (Å²) in [6.45, 7) is 0.498. The van der Waals surface area contributed by atoms with Crippen LogP contribution < -0.4 is 14.4 Å². The van der Waals surface area contributed by atoms with Crippen molar-refractivity contribution < 1.29 is 35.9 Å². The number of carbonyl (C=O) groups is 2. The molecule has 1 saturated carbocycles. The highest BCUT2D eigenvalue weighted by atomic mass is 35.5. The van der Waals surface area contributed by atoms with Gasteiger partial charge < -0.3 is 15.0 Å². The number of carbonyl (C=O) groups excluding carboxylic acids is 2. The van der Waals surface area contributed by atoms with Crippen LogP contribution in [-0.4, -0.2) is 50.9 Å². The van der Waals surface area contributed by atoms with E-state index < -0.39 is 51.9 Å². The number of hydrogen-bond acceptors (Lipinski definition) is 5. The predicted molar refractivity (Wildman–Crippen MR) is 165 cm³/mol. The van der Waals surface area contributed by atoms with E-state index in [1.54, 1.807) is 30.3 Å². The van der Waals surface area contributed by atoms with Gasteiger partial charge in [0.05, 0.1) is 28.3 Å². The van der Waals surface area contributed by atoms with E-state index in [-0.39, 0.29) is 22.5 Å². The van der Waals surface area contributed by atoms with E-state index in [2.05, 4.69) is 5.32 Å². The molecule has 0 radical (unpaired) electrons. The smallest absolute Gasteiger partial charge is 0.416 e. The molecule has 0 aromatic heterocycles. The third-order valence-corrected chi connectivity index (χ3v) is 9.85. The zero-order valence-electron chi connectivity index (χ0n) is 24.9. The first kappa shape index (κ1) is 34.1. The number of anilines is 1. The predicted octanol–water partition coefficient (Wildman–Crippen LogP) is 6.43. The van der Waals surface area contributed by atoms with Gasteiger partial charge in [0.15, 0.2) is 0 Å². The molecule has 8 nitrogen and oxygen atoms in total. The minimum Gasteiger partial charge on any atom is -0.497 e. The molecular weight excluding hydrogens is 631 g/mol. The van der Waals surface area contributed by atoms with Crippen molar-refractivity contribution in [2.45, 2.75) is 68.7 Å². The molecule has 3 aromatic rings. The molecular formula is C32H35ClF3N3O5S. The monoisotopic (exact) mass is 665 g/mol. The van der Waals surface area contributed by atoms with Crippen molar-refractivity contribution in [3.05, 3.63) is 88.9 Å². The largest absolute Gasteiger partial charge is 0.497 e. The van der Waals surface area contributed by atoms with Crippen LogP contribution in [0.5, 0.6) is 5.75 Å². The number of nitrogens with zero attached hydrogens (tertiary/aromatic N) is 2. The van der Waals surface area contributed by atoms with E-state index in [9.17, 15) is 31.2 Å². The Labute approximate surface area is 266 Å². The maximum Gasteiger partial charge on any atom is 0.416 e. The van der Waals surface area contributed by atoms with Gasteiger partial charge in [0.2, 0.25) is 11.8 Å². The average molecular weight is 666 g/mol. The molecule has 1 aliphatic carbocycles. The molecule has 2 amide bonds. The fraction of sp³-hybridized carbons (Fsp3) is 0.375. The fourth-order valence-electron chi connectivity index (χ4n) is 5.23. The van der Waals surface area contributed by atoms with E-state index >= 15 is 0 Å². The number of hydrogen-bond donors (Lipinski definition) is 1. The maximum atomic E-state index is 14.1. The first-order valence-corrected chi connectivity index (χ1v) is 16.3. The molecule has 1 fully saturated rings. The molecule has 13 heteroatoms. The van der Waals surface area contributed by atoms with E-state index in [0.29, 0.717) is 21.7 Å². The van der Waals surface area contributed by atoms with Crippen LogP contribution >= 0.6 is 11.6 Å². The normalized spacial score (nSPS) is 14.8. The Kier molecular flexibility index (Phi) is 11.0. The number of methoxy groups -OCH3 is 1. The van der Waals surface area contributed by atoms with Gasteiger partial charge in [0.25, 0.3) is 10.0 Å². The lowest BCUT2D eigenvalue weighted by atomic mass is 9.95. The topological polar surface area (TPSA) is 96.0 Å². The summed E-state index contributed by atoms with van der Waals surface area (Å²) >= 11 is 6.31. The minimum atomic E-state index is -4.81. The summed E-state index contributed by atoms with van der Waals surface area (Å²) in [5.41, 5.74) is -1.07. The Balaban J connectivity index is 1.75. The first-order valence-electron chi connectivity index (χ1n) is 14.5. The van der Waals surface area contributed by atoms with Gasteiger partial charge in [-0.3, -0.25) is 13.9 Å². The molecule has 0 bridgehead atoms. The molecule has 1 atom stereocenters. The molecule has 45 heavy (non-hydrogen) atoms. The van der Waals surface area contributed by atoms with Crippen LogP contribution in [0.4, 0.5) is 18.9 Å². The highest BCUT2D eigenvalue weighted by Gasteiger charge is 2.36. The molecule has 0 saturated heterocycles. The molecule has 242 valence electrons. The van der Waals surface area contributed by atoms with Crippen molar-refractivity contribution in [2.75, 3.05) is 18.0 Å². The molecule has 1 unspecified atom stereocenters. The minimum absolute atomic E-state index is 0.0543. The Bertz CT molecular complexity index is 1600. The maximum absolute atomic E-state index is 14.1. The first-order chi connectivity index (χ1) is 21.3. The number of benzene rings is 3. The van der Waals surface area contributed by atoms with Gasteiger partial charge >= 0.3 is 6.18 Å². The lowest BCUT2D eigenvalue weighted by molar-refractivity contribution is -0.139. The molecule has 0 heterocycles. The standard InChI is InChI=1S/C32H35ClF3N3O5S/c1-22(31(41)37-25-11-5-3-6-12-25)38(20-23-10-9-13-26(18-23)44-2)30(40)21-39(45(42,43)27-14-7-4-8-15-27)29-19-24(32(34,35)36)16-17-28(29)33/h4,7-10,13-19,22,25H,3,5-6,11-12,20-21H2,1-2H3,(H,37,41). The average Bonchev–Trinajstić information content (AvgIpc) is 3.02. The zero-order valence-corrected chi connectivity index (χ0v) is 26.5. The second-order valence-electron chi connectivity index (χ2n) is 10.9. The van der Waals surface area contributed by atoms with E-state index in [1.807, 2.05) is 0 Å². The molecule has 4 rings (SSSR count). The Morgan fingerprint density at radius 3 is 2.33 bits per heavy atom. The summed E-state index contributed by atoms with van der Waals surface area (Å²) in [6, 6.07) is 15.0. The molecule has 0 aliphatic heterocycles. The lowest BCUT2D eigenvalue weighted by Crippen LogP contribution is -2.53. The second kappa shape index (κ2) is 14.6. The number of rotatable bonds is 11. The van der Waals surface area contributed by atoms with Crippen molar-refractivity contribution >= 4 is 39.1 Å². The van der Waals surface area contributed by atoms with Crippen molar-refractivity contribution in [1.29, 1.82) is 0 Å². The number of amides is 2. The van der Waals surface area contributed by atoms with Gasteiger partial charge in [-0.2, -0.15) is 13.2 Å². The number of ether oxygens (including phenoxy) is 1. The van der Waals surface area contributed by atoms with E-state index in [1.165, 1.54) is 43.2 Å². The van der Waals surface area contributed by atoms with Crippen LogP contribution in [0.2, 0.25) is 5.02 Å². The van der Waals surface area contributed by atoms with Gasteiger partial charge in [-0.1, -0.05) is 61.2 Å². The summed E-state index contributed by atoms with van der Waals surface area (Å²) in [6.07, 6.45) is -0.188. The van der Waals surface area contributed by atoms with Gasteiger partial charge in [-0.15, -0.1) is 0 Å². The van der Waals surface area contributed by atoms with Crippen LogP contribution in [0.3, 0.4) is 0 Å². The summed E-state index contributed by atoms with van der Waals surface area (Å²) in [5.74, 6) is -0.743. The third-order valence-electron chi connectivity index (χ3n) is 7.76. The Morgan fingerprint density at radius 1 is 1.00 bits per heavy atom. The van der Waals surface area contributed by atoms with Gasteiger partial charge in [0.1, 0.15) is 18.3 Å². The van der Waals surface area contributed by atoms with Crippen molar-refractivity contribution in [1.82, 2.24) is 10.2 Å². The third kappa shape index (κ3) is 8.49. The number of alkyl halides is 3. The molecule has 1 N–H and O–H groups in total. The van der Waals surface area contributed by atoms with Crippen LogP contribution in [0.15, 0.2) is 77.7 Å². The van der Waals surface area contributed by atoms with E-state index in [0.717, 1.165) is 44.2 Å². The highest BCUT2D eigenvalue weighted by Crippen LogP contribution is 2.37. The van der Waals surface area contributed by atoms with Crippen LogP contribution in [0.1, 0.15) is 50.2 Å².